The highest BCUT2D eigenvalue weighted by atomic mass is 32.1. The van der Waals surface area contributed by atoms with Crippen LogP contribution in [0.5, 0.6) is 5.75 Å². The van der Waals surface area contributed by atoms with Crippen LogP contribution in [-0.2, 0) is 17.9 Å². The normalized spacial score (nSPS) is 11.5. The van der Waals surface area contributed by atoms with Gasteiger partial charge in [0.1, 0.15) is 5.75 Å². The van der Waals surface area contributed by atoms with Crippen LogP contribution in [0.25, 0.3) is 10.8 Å². The quantitative estimate of drug-likeness (QED) is 0.633. The van der Waals surface area contributed by atoms with Crippen molar-refractivity contribution >= 4 is 28.0 Å². The summed E-state index contributed by atoms with van der Waals surface area (Å²) in [7, 11) is 0. The Balaban J connectivity index is 1.75. The van der Waals surface area contributed by atoms with E-state index in [9.17, 15) is 4.79 Å². The molecule has 3 rings (SSSR count). The standard InChI is InChI=1S/C22H26N2O2S/c1-22(2,3)24-21(25)15-26-20-11-10-16-7-4-5-9-18(16)19(20)14-23-13-17-8-6-12-27-17/h4-12,23H,13-15H2,1-3H3,(H,24,25). The van der Waals surface area contributed by atoms with Crippen molar-refractivity contribution in [3.63, 3.8) is 0 Å². The maximum Gasteiger partial charge on any atom is 0.258 e. The van der Waals surface area contributed by atoms with E-state index in [1.165, 1.54) is 4.88 Å². The molecule has 0 radical (unpaired) electrons. The monoisotopic (exact) mass is 382 g/mol. The summed E-state index contributed by atoms with van der Waals surface area (Å²) in [6, 6.07) is 16.4. The number of carbonyl (C=O) groups is 1. The smallest absolute Gasteiger partial charge is 0.258 e. The Bertz CT molecular complexity index is 898. The molecule has 142 valence electrons. The van der Waals surface area contributed by atoms with Crippen molar-refractivity contribution in [3.05, 3.63) is 64.4 Å². The Morgan fingerprint density at radius 2 is 1.85 bits per heavy atom. The first-order valence-electron chi connectivity index (χ1n) is 9.10. The van der Waals surface area contributed by atoms with E-state index in [-0.39, 0.29) is 18.1 Å². The van der Waals surface area contributed by atoms with Crippen LogP contribution in [-0.4, -0.2) is 18.1 Å². The second kappa shape index (κ2) is 8.55. The number of hydrogen-bond acceptors (Lipinski definition) is 4. The van der Waals surface area contributed by atoms with Crippen molar-refractivity contribution in [1.82, 2.24) is 10.6 Å². The Morgan fingerprint density at radius 1 is 1.04 bits per heavy atom. The fourth-order valence-electron chi connectivity index (χ4n) is 2.96. The molecule has 2 N–H and O–H groups in total. The zero-order valence-corrected chi connectivity index (χ0v) is 16.9. The summed E-state index contributed by atoms with van der Waals surface area (Å²) >= 11 is 1.74. The van der Waals surface area contributed by atoms with Crippen molar-refractivity contribution in [2.45, 2.75) is 39.4 Å². The molecule has 0 fully saturated rings. The molecule has 3 aromatic rings. The third kappa shape index (κ3) is 5.55. The molecule has 0 aliphatic rings. The molecule has 4 nitrogen and oxygen atoms in total. The summed E-state index contributed by atoms with van der Waals surface area (Å²) in [4.78, 5) is 13.4. The predicted molar refractivity (Wildman–Crippen MR) is 112 cm³/mol. The van der Waals surface area contributed by atoms with Gasteiger partial charge in [-0.2, -0.15) is 0 Å². The molecule has 0 unspecified atom stereocenters. The highest BCUT2D eigenvalue weighted by Gasteiger charge is 2.15. The highest BCUT2D eigenvalue weighted by Crippen LogP contribution is 2.28. The summed E-state index contributed by atoms with van der Waals surface area (Å²) in [6.45, 7) is 7.37. The van der Waals surface area contributed by atoms with Gasteiger partial charge in [-0.1, -0.05) is 36.4 Å². The van der Waals surface area contributed by atoms with Gasteiger partial charge in [-0.25, -0.2) is 0 Å². The third-order valence-corrected chi connectivity index (χ3v) is 4.93. The molecular formula is C22H26N2O2S. The molecule has 0 atom stereocenters. The van der Waals surface area contributed by atoms with E-state index in [1.807, 2.05) is 45.0 Å². The summed E-state index contributed by atoms with van der Waals surface area (Å²) in [5.74, 6) is 0.629. The van der Waals surface area contributed by atoms with Crippen LogP contribution in [0.1, 0.15) is 31.2 Å². The lowest BCUT2D eigenvalue weighted by Gasteiger charge is -2.21. The average Bonchev–Trinajstić information content (AvgIpc) is 3.12. The number of hydrogen-bond donors (Lipinski definition) is 2. The lowest BCUT2D eigenvalue weighted by Crippen LogP contribution is -2.43. The second-order valence-electron chi connectivity index (χ2n) is 7.53. The highest BCUT2D eigenvalue weighted by molar-refractivity contribution is 7.09. The van der Waals surface area contributed by atoms with E-state index < -0.39 is 0 Å². The molecule has 0 aliphatic carbocycles. The predicted octanol–water partition coefficient (Wildman–Crippen LogP) is 4.48. The number of carbonyl (C=O) groups excluding carboxylic acids is 1. The average molecular weight is 383 g/mol. The molecule has 0 saturated heterocycles. The van der Waals surface area contributed by atoms with Crippen LogP contribution in [0.2, 0.25) is 0 Å². The van der Waals surface area contributed by atoms with E-state index in [1.54, 1.807) is 11.3 Å². The van der Waals surface area contributed by atoms with Crippen molar-refractivity contribution in [2.75, 3.05) is 6.61 Å². The Labute approximate surface area is 164 Å². The van der Waals surface area contributed by atoms with Crippen molar-refractivity contribution in [1.29, 1.82) is 0 Å². The second-order valence-corrected chi connectivity index (χ2v) is 8.57. The molecular weight excluding hydrogens is 356 g/mol. The topological polar surface area (TPSA) is 50.4 Å². The molecule has 5 heteroatoms. The molecule has 0 saturated carbocycles. The van der Waals surface area contributed by atoms with Crippen molar-refractivity contribution < 1.29 is 9.53 Å². The number of rotatable bonds is 7. The summed E-state index contributed by atoms with van der Waals surface area (Å²) in [5.41, 5.74) is 0.808. The summed E-state index contributed by atoms with van der Waals surface area (Å²) in [6.07, 6.45) is 0. The number of nitrogens with one attached hydrogen (secondary N) is 2. The van der Waals surface area contributed by atoms with Crippen molar-refractivity contribution in [2.24, 2.45) is 0 Å². The van der Waals surface area contributed by atoms with Crippen molar-refractivity contribution in [3.8, 4) is 5.75 Å². The maximum atomic E-state index is 12.1. The Hall–Kier alpha value is -2.37. The zero-order valence-electron chi connectivity index (χ0n) is 16.0. The minimum Gasteiger partial charge on any atom is -0.483 e. The molecule has 1 aromatic heterocycles. The van der Waals surface area contributed by atoms with Crippen LogP contribution in [0.4, 0.5) is 0 Å². The lowest BCUT2D eigenvalue weighted by molar-refractivity contribution is -0.124. The van der Waals surface area contributed by atoms with Gasteiger partial charge in [0.05, 0.1) is 0 Å². The molecule has 0 spiro atoms. The van der Waals surface area contributed by atoms with Gasteiger partial charge in [0.25, 0.3) is 5.91 Å². The van der Waals surface area contributed by atoms with Gasteiger partial charge >= 0.3 is 0 Å². The third-order valence-electron chi connectivity index (χ3n) is 4.05. The largest absolute Gasteiger partial charge is 0.483 e. The van der Waals surface area contributed by atoms with Gasteiger partial charge in [0.2, 0.25) is 0 Å². The fraction of sp³-hybridized carbons (Fsp3) is 0.318. The Kier molecular flexibility index (Phi) is 6.14. The van der Waals surface area contributed by atoms with Gasteiger partial charge in [0.15, 0.2) is 6.61 Å². The lowest BCUT2D eigenvalue weighted by atomic mass is 10.0. The SMILES string of the molecule is CC(C)(C)NC(=O)COc1ccc2ccccc2c1CNCc1cccs1. The van der Waals surface area contributed by atoms with Gasteiger partial charge in [-0.3, -0.25) is 4.79 Å². The van der Waals surface area contributed by atoms with E-state index >= 15 is 0 Å². The molecule has 0 bridgehead atoms. The number of ether oxygens (including phenoxy) is 1. The van der Waals surface area contributed by atoms with Crippen LogP contribution in [0.15, 0.2) is 53.9 Å². The van der Waals surface area contributed by atoms with E-state index in [0.717, 1.165) is 28.6 Å². The van der Waals surface area contributed by atoms with Crippen LogP contribution in [0, 0.1) is 0 Å². The Morgan fingerprint density at radius 3 is 2.59 bits per heavy atom. The minimum absolute atomic E-state index is 0.00748. The zero-order chi connectivity index (χ0) is 19.3. The van der Waals surface area contributed by atoms with Crippen LogP contribution >= 0.6 is 11.3 Å². The van der Waals surface area contributed by atoms with Gasteiger partial charge in [0, 0.05) is 29.1 Å². The number of fused-ring (bicyclic) bond motifs is 1. The van der Waals surface area contributed by atoms with Gasteiger partial charge < -0.3 is 15.4 Å². The first kappa shape index (κ1) is 19.4. The minimum atomic E-state index is -0.269. The van der Waals surface area contributed by atoms with Crippen LogP contribution in [0.3, 0.4) is 0 Å². The molecule has 1 amide bonds. The number of benzene rings is 2. The summed E-state index contributed by atoms with van der Waals surface area (Å²) in [5, 5.41) is 10.8. The van der Waals surface area contributed by atoms with E-state index in [4.69, 9.17) is 4.74 Å². The first-order valence-corrected chi connectivity index (χ1v) is 9.98. The van der Waals surface area contributed by atoms with Gasteiger partial charge in [-0.05, 0) is 49.1 Å². The molecule has 1 heterocycles. The summed E-state index contributed by atoms with van der Waals surface area (Å²) < 4.78 is 5.89. The van der Waals surface area contributed by atoms with E-state index in [2.05, 4.69) is 40.3 Å². The first-order chi connectivity index (χ1) is 12.9. The molecule has 27 heavy (non-hydrogen) atoms. The molecule has 0 aliphatic heterocycles. The number of amides is 1. The molecule has 2 aromatic carbocycles. The number of thiophene rings is 1. The maximum absolute atomic E-state index is 12.1. The fourth-order valence-corrected chi connectivity index (χ4v) is 3.63. The van der Waals surface area contributed by atoms with Crippen LogP contribution < -0.4 is 15.4 Å². The van der Waals surface area contributed by atoms with Gasteiger partial charge in [-0.15, -0.1) is 11.3 Å². The van der Waals surface area contributed by atoms with E-state index in [0.29, 0.717) is 6.54 Å².